The fourth-order valence-corrected chi connectivity index (χ4v) is 3.01. The van der Waals surface area contributed by atoms with Gasteiger partial charge in [0.15, 0.2) is 17.6 Å². The first-order chi connectivity index (χ1) is 13.2. The maximum absolute atomic E-state index is 12.5. The van der Waals surface area contributed by atoms with Crippen molar-refractivity contribution in [3.8, 4) is 11.5 Å². The molecule has 0 fully saturated rings. The number of rotatable bonds is 5. The van der Waals surface area contributed by atoms with Crippen LogP contribution in [0.3, 0.4) is 0 Å². The normalized spacial score (nSPS) is 12.1. The van der Waals surface area contributed by atoms with Gasteiger partial charge in [-0.25, -0.2) is 0 Å². The SMILES string of the molecule is COc1ccccc1O[C@H](C)C(=O)Nc1ccc2c(c1)oc1ccccc12. The van der Waals surface area contributed by atoms with Crippen LogP contribution in [0, 0.1) is 0 Å². The molecule has 0 saturated heterocycles. The van der Waals surface area contributed by atoms with Crippen molar-refractivity contribution in [1.82, 2.24) is 0 Å². The van der Waals surface area contributed by atoms with Gasteiger partial charge in [-0.1, -0.05) is 30.3 Å². The second kappa shape index (κ2) is 7.03. The molecule has 1 N–H and O–H groups in total. The molecule has 3 aromatic carbocycles. The molecular formula is C22H19NO4. The molecule has 1 aromatic heterocycles. The standard InChI is InChI=1S/C22H19NO4/c1-14(26-20-10-6-5-9-19(20)25-2)22(24)23-15-11-12-17-16-7-3-4-8-18(16)27-21(17)13-15/h3-14H,1-2H3,(H,23,24)/t14-/m1/s1. The van der Waals surface area contributed by atoms with E-state index in [4.69, 9.17) is 13.9 Å². The molecule has 0 radical (unpaired) electrons. The molecule has 0 spiro atoms. The Labute approximate surface area is 156 Å². The smallest absolute Gasteiger partial charge is 0.265 e. The Hall–Kier alpha value is -3.47. The molecule has 5 heteroatoms. The molecule has 0 aliphatic rings. The van der Waals surface area contributed by atoms with Crippen LogP contribution in [0.15, 0.2) is 71.1 Å². The van der Waals surface area contributed by atoms with Crippen molar-refractivity contribution >= 4 is 33.5 Å². The van der Waals surface area contributed by atoms with E-state index in [1.807, 2.05) is 54.6 Å². The highest BCUT2D eigenvalue weighted by atomic mass is 16.5. The van der Waals surface area contributed by atoms with Gasteiger partial charge in [0.05, 0.1) is 7.11 Å². The van der Waals surface area contributed by atoms with E-state index in [0.29, 0.717) is 17.2 Å². The lowest BCUT2D eigenvalue weighted by atomic mass is 10.1. The first kappa shape index (κ1) is 17.0. The van der Waals surface area contributed by atoms with Crippen molar-refractivity contribution in [1.29, 1.82) is 0 Å². The van der Waals surface area contributed by atoms with Crippen molar-refractivity contribution < 1.29 is 18.7 Å². The van der Waals surface area contributed by atoms with Gasteiger partial charge in [-0.15, -0.1) is 0 Å². The minimum atomic E-state index is -0.687. The number of para-hydroxylation sites is 3. The molecule has 0 saturated carbocycles. The van der Waals surface area contributed by atoms with Crippen molar-refractivity contribution in [3.63, 3.8) is 0 Å². The van der Waals surface area contributed by atoms with Crippen molar-refractivity contribution in [2.45, 2.75) is 13.0 Å². The Balaban J connectivity index is 1.52. The van der Waals surface area contributed by atoms with Gasteiger partial charge in [0.1, 0.15) is 11.2 Å². The van der Waals surface area contributed by atoms with Gasteiger partial charge in [-0.2, -0.15) is 0 Å². The highest BCUT2D eigenvalue weighted by Gasteiger charge is 2.17. The number of anilines is 1. The number of ether oxygens (including phenoxy) is 2. The molecule has 27 heavy (non-hydrogen) atoms. The Morgan fingerprint density at radius 3 is 2.44 bits per heavy atom. The van der Waals surface area contributed by atoms with E-state index in [0.717, 1.165) is 21.9 Å². The van der Waals surface area contributed by atoms with E-state index < -0.39 is 6.10 Å². The molecule has 136 valence electrons. The van der Waals surface area contributed by atoms with Gasteiger partial charge in [0, 0.05) is 22.5 Å². The first-order valence-electron chi connectivity index (χ1n) is 8.67. The molecule has 0 unspecified atom stereocenters. The summed E-state index contributed by atoms with van der Waals surface area (Å²) >= 11 is 0. The van der Waals surface area contributed by atoms with Crippen LogP contribution >= 0.6 is 0 Å². The summed E-state index contributed by atoms with van der Waals surface area (Å²) in [6.07, 6.45) is -0.687. The van der Waals surface area contributed by atoms with E-state index >= 15 is 0 Å². The zero-order valence-corrected chi connectivity index (χ0v) is 15.1. The predicted molar refractivity (Wildman–Crippen MR) is 105 cm³/mol. The molecule has 5 nitrogen and oxygen atoms in total. The third kappa shape index (κ3) is 3.31. The van der Waals surface area contributed by atoms with Gasteiger partial charge >= 0.3 is 0 Å². The van der Waals surface area contributed by atoms with Crippen molar-refractivity contribution in [3.05, 3.63) is 66.7 Å². The molecule has 4 rings (SSSR count). The number of amides is 1. The number of carbonyl (C=O) groups excluding carboxylic acids is 1. The highest BCUT2D eigenvalue weighted by molar-refractivity contribution is 6.06. The zero-order valence-electron chi connectivity index (χ0n) is 15.1. The summed E-state index contributed by atoms with van der Waals surface area (Å²) in [6, 6.07) is 20.7. The van der Waals surface area contributed by atoms with Gasteiger partial charge in [-0.3, -0.25) is 4.79 Å². The van der Waals surface area contributed by atoms with E-state index in [1.165, 1.54) is 0 Å². The second-order valence-corrected chi connectivity index (χ2v) is 6.21. The summed E-state index contributed by atoms with van der Waals surface area (Å²) < 4.78 is 16.9. The first-order valence-corrected chi connectivity index (χ1v) is 8.67. The molecule has 1 heterocycles. The van der Waals surface area contributed by atoms with E-state index in [-0.39, 0.29) is 5.91 Å². The number of fused-ring (bicyclic) bond motifs is 3. The fourth-order valence-electron chi connectivity index (χ4n) is 3.01. The number of hydrogen-bond acceptors (Lipinski definition) is 4. The van der Waals surface area contributed by atoms with Gasteiger partial charge < -0.3 is 19.2 Å². The maximum Gasteiger partial charge on any atom is 0.265 e. The monoisotopic (exact) mass is 361 g/mol. The lowest BCUT2D eigenvalue weighted by Crippen LogP contribution is -2.30. The van der Waals surface area contributed by atoms with Crippen LogP contribution in [-0.2, 0) is 4.79 Å². The predicted octanol–water partition coefficient (Wildman–Crippen LogP) is 5.00. The molecule has 1 amide bonds. The maximum atomic E-state index is 12.5. The van der Waals surface area contributed by atoms with Crippen LogP contribution in [0.4, 0.5) is 5.69 Å². The average molecular weight is 361 g/mol. The summed E-state index contributed by atoms with van der Waals surface area (Å²) in [7, 11) is 1.56. The van der Waals surface area contributed by atoms with Crippen LogP contribution in [0.25, 0.3) is 21.9 Å². The topological polar surface area (TPSA) is 60.7 Å². The summed E-state index contributed by atoms with van der Waals surface area (Å²) in [5.74, 6) is 0.854. The van der Waals surface area contributed by atoms with E-state index in [2.05, 4.69) is 5.32 Å². The molecule has 4 aromatic rings. The second-order valence-electron chi connectivity index (χ2n) is 6.21. The Morgan fingerprint density at radius 1 is 0.926 bits per heavy atom. The summed E-state index contributed by atoms with van der Waals surface area (Å²) in [5.41, 5.74) is 2.21. The molecule has 0 aliphatic carbocycles. The number of methoxy groups -OCH3 is 1. The Bertz CT molecular complexity index is 1120. The van der Waals surface area contributed by atoms with Crippen molar-refractivity contribution in [2.75, 3.05) is 12.4 Å². The third-order valence-corrected chi connectivity index (χ3v) is 4.39. The third-order valence-electron chi connectivity index (χ3n) is 4.39. The Kier molecular flexibility index (Phi) is 4.42. The summed E-state index contributed by atoms with van der Waals surface area (Å²) in [4.78, 5) is 12.5. The lowest BCUT2D eigenvalue weighted by molar-refractivity contribution is -0.122. The number of furan rings is 1. The largest absolute Gasteiger partial charge is 0.493 e. The van der Waals surface area contributed by atoms with Crippen LogP contribution in [0.2, 0.25) is 0 Å². The zero-order chi connectivity index (χ0) is 18.8. The number of nitrogens with one attached hydrogen (secondary N) is 1. The lowest BCUT2D eigenvalue weighted by Gasteiger charge is -2.16. The van der Waals surface area contributed by atoms with Crippen LogP contribution in [-0.4, -0.2) is 19.1 Å². The number of hydrogen-bond donors (Lipinski definition) is 1. The minimum absolute atomic E-state index is 0.253. The van der Waals surface area contributed by atoms with Gasteiger partial charge in [0.2, 0.25) is 0 Å². The van der Waals surface area contributed by atoms with Crippen LogP contribution < -0.4 is 14.8 Å². The summed E-state index contributed by atoms with van der Waals surface area (Å²) in [6.45, 7) is 1.70. The highest BCUT2D eigenvalue weighted by Crippen LogP contribution is 2.31. The van der Waals surface area contributed by atoms with E-state index in [9.17, 15) is 4.79 Å². The van der Waals surface area contributed by atoms with Crippen molar-refractivity contribution in [2.24, 2.45) is 0 Å². The number of benzene rings is 3. The van der Waals surface area contributed by atoms with Gasteiger partial charge in [0.25, 0.3) is 5.91 Å². The quantitative estimate of drug-likeness (QED) is 0.543. The van der Waals surface area contributed by atoms with Crippen LogP contribution in [0.1, 0.15) is 6.92 Å². The van der Waals surface area contributed by atoms with Crippen LogP contribution in [0.5, 0.6) is 11.5 Å². The number of carbonyl (C=O) groups is 1. The molecular weight excluding hydrogens is 342 g/mol. The van der Waals surface area contributed by atoms with Gasteiger partial charge in [-0.05, 0) is 37.3 Å². The minimum Gasteiger partial charge on any atom is -0.493 e. The fraction of sp³-hybridized carbons (Fsp3) is 0.136. The molecule has 1 atom stereocenters. The molecule has 0 aliphatic heterocycles. The van der Waals surface area contributed by atoms with E-state index in [1.54, 1.807) is 26.2 Å². The Morgan fingerprint density at radius 2 is 1.63 bits per heavy atom. The molecule has 0 bridgehead atoms. The summed E-state index contributed by atoms with van der Waals surface area (Å²) in [5, 5.41) is 4.94. The average Bonchev–Trinajstić information content (AvgIpc) is 3.06.